The Morgan fingerprint density at radius 3 is 2.85 bits per heavy atom. The predicted molar refractivity (Wildman–Crippen MR) is 86.6 cm³/mol. The summed E-state index contributed by atoms with van der Waals surface area (Å²) in [7, 11) is 0. The summed E-state index contributed by atoms with van der Waals surface area (Å²) in [6.45, 7) is 2.94. The lowest BCUT2D eigenvalue weighted by Gasteiger charge is -2.31. The van der Waals surface area contributed by atoms with Gasteiger partial charge in [0, 0.05) is 17.9 Å². The van der Waals surface area contributed by atoms with E-state index in [-0.39, 0.29) is 0 Å². The van der Waals surface area contributed by atoms with Crippen molar-refractivity contribution < 1.29 is 0 Å². The van der Waals surface area contributed by atoms with Crippen molar-refractivity contribution in [3.63, 3.8) is 0 Å². The van der Waals surface area contributed by atoms with E-state index in [0.29, 0.717) is 4.99 Å². The number of para-hydroxylation sites is 1. The summed E-state index contributed by atoms with van der Waals surface area (Å²) in [4.78, 5) is 7.31. The van der Waals surface area contributed by atoms with Gasteiger partial charge in [-0.2, -0.15) is 0 Å². The fourth-order valence-corrected chi connectivity index (χ4v) is 2.85. The van der Waals surface area contributed by atoms with E-state index < -0.39 is 0 Å². The molecule has 2 aromatic rings. The third-order valence-corrected chi connectivity index (χ3v) is 3.87. The number of rotatable bonds is 2. The van der Waals surface area contributed by atoms with Gasteiger partial charge >= 0.3 is 0 Å². The molecule has 1 aromatic carbocycles. The number of anilines is 2. The summed E-state index contributed by atoms with van der Waals surface area (Å²) in [6.07, 6.45) is 2.23. The van der Waals surface area contributed by atoms with Gasteiger partial charge in [0.2, 0.25) is 0 Å². The highest BCUT2D eigenvalue weighted by Gasteiger charge is 2.22. The third kappa shape index (κ3) is 2.27. The molecule has 1 aromatic heterocycles. The lowest BCUT2D eigenvalue weighted by Crippen LogP contribution is -2.28. The second-order valence-corrected chi connectivity index (χ2v) is 5.51. The first-order valence-electron chi connectivity index (χ1n) is 6.80. The first-order chi connectivity index (χ1) is 9.66. The van der Waals surface area contributed by atoms with Gasteiger partial charge in [-0.05, 0) is 43.5 Å². The van der Waals surface area contributed by atoms with Gasteiger partial charge in [0.25, 0.3) is 0 Å². The number of benzene rings is 1. The number of aryl methyl sites for hydroxylation is 2. The monoisotopic (exact) mass is 283 g/mol. The van der Waals surface area contributed by atoms with Crippen molar-refractivity contribution >= 4 is 28.7 Å². The van der Waals surface area contributed by atoms with Gasteiger partial charge in [-0.1, -0.05) is 30.4 Å². The maximum absolute atomic E-state index is 5.86. The van der Waals surface area contributed by atoms with Crippen molar-refractivity contribution in [2.75, 3.05) is 11.4 Å². The van der Waals surface area contributed by atoms with E-state index in [1.807, 2.05) is 19.1 Å². The van der Waals surface area contributed by atoms with Crippen molar-refractivity contribution in [2.24, 2.45) is 5.73 Å². The second-order valence-electron chi connectivity index (χ2n) is 5.07. The van der Waals surface area contributed by atoms with Gasteiger partial charge < -0.3 is 10.6 Å². The lowest BCUT2D eigenvalue weighted by molar-refractivity contribution is 0.758. The van der Waals surface area contributed by atoms with Gasteiger partial charge in [-0.3, -0.25) is 0 Å². The third-order valence-electron chi connectivity index (χ3n) is 3.65. The maximum atomic E-state index is 5.86. The van der Waals surface area contributed by atoms with E-state index in [0.717, 1.165) is 36.5 Å². The number of hydrogen-bond donors (Lipinski definition) is 1. The molecule has 102 valence electrons. The Hall–Kier alpha value is -1.94. The average molecular weight is 283 g/mol. The predicted octanol–water partition coefficient (Wildman–Crippen LogP) is 3.11. The van der Waals surface area contributed by atoms with Crippen LogP contribution in [0.1, 0.15) is 23.2 Å². The molecule has 0 spiro atoms. The Morgan fingerprint density at radius 1 is 1.25 bits per heavy atom. The number of fused-ring (bicyclic) bond motifs is 1. The summed E-state index contributed by atoms with van der Waals surface area (Å²) >= 11 is 5.17. The minimum Gasteiger partial charge on any atom is -0.389 e. The summed E-state index contributed by atoms with van der Waals surface area (Å²) in [5.41, 5.74) is 10.3. The minimum atomic E-state index is 0.399. The zero-order chi connectivity index (χ0) is 14.1. The molecule has 1 aliphatic heterocycles. The Balaban J connectivity index is 2.15. The van der Waals surface area contributed by atoms with Crippen molar-refractivity contribution in [3.05, 3.63) is 53.2 Å². The van der Waals surface area contributed by atoms with Crippen LogP contribution in [-0.2, 0) is 6.42 Å². The van der Waals surface area contributed by atoms with Crippen LogP contribution in [0.3, 0.4) is 0 Å². The molecule has 0 fully saturated rings. The lowest BCUT2D eigenvalue weighted by atomic mass is 10.0. The van der Waals surface area contributed by atoms with Crippen LogP contribution in [0.4, 0.5) is 11.5 Å². The topological polar surface area (TPSA) is 42.1 Å². The van der Waals surface area contributed by atoms with Crippen molar-refractivity contribution in [2.45, 2.75) is 19.8 Å². The molecule has 0 atom stereocenters. The molecular formula is C16H17N3S. The molecule has 20 heavy (non-hydrogen) atoms. The summed E-state index contributed by atoms with van der Waals surface area (Å²) in [5.74, 6) is 0.879. The van der Waals surface area contributed by atoms with Crippen LogP contribution in [0.5, 0.6) is 0 Å². The van der Waals surface area contributed by atoms with Crippen LogP contribution in [-0.4, -0.2) is 16.5 Å². The normalized spacial score (nSPS) is 13.9. The molecule has 2 heterocycles. The molecule has 0 saturated carbocycles. The number of aromatic nitrogens is 1. The molecule has 0 aliphatic carbocycles. The zero-order valence-electron chi connectivity index (χ0n) is 11.5. The Bertz CT molecular complexity index is 667. The zero-order valence-corrected chi connectivity index (χ0v) is 12.3. The van der Waals surface area contributed by atoms with Crippen LogP contribution in [0.15, 0.2) is 36.4 Å². The number of hydrogen-bond acceptors (Lipinski definition) is 3. The quantitative estimate of drug-likeness (QED) is 0.860. The Kier molecular flexibility index (Phi) is 3.40. The van der Waals surface area contributed by atoms with E-state index in [1.54, 1.807) is 0 Å². The number of pyridine rings is 1. The highest BCUT2D eigenvalue weighted by molar-refractivity contribution is 7.80. The molecule has 4 heteroatoms. The fourth-order valence-electron chi connectivity index (χ4n) is 2.69. The Morgan fingerprint density at radius 2 is 2.05 bits per heavy atom. The van der Waals surface area contributed by atoms with Crippen LogP contribution in [0.2, 0.25) is 0 Å². The molecular weight excluding hydrogens is 266 g/mol. The van der Waals surface area contributed by atoms with E-state index >= 15 is 0 Å². The smallest absolute Gasteiger partial charge is 0.143 e. The maximum Gasteiger partial charge on any atom is 0.143 e. The van der Waals surface area contributed by atoms with Gasteiger partial charge in [0.15, 0.2) is 0 Å². The van der Waals surface area contributed by atoms with Crippen molar-refractivity contribution in [1.29, 1.82) is 0 Å². The molecule has 3 rings (SSSR count). The Labute approximate surface area is 124 Å². The number of nitrogens with zero attached hydrogens (tertiary/aromatic N) is 2. The fraction of sp³-hybridized carbons (Fsp3) is 0.250. The van der Waals surface area contributed by atoms with Crippen LogP contribution < -0.4 is 10.6 Å². The van der Waals surface area contributed by atoms with Crippen molar-refractivity contribution in [3.8, 4) is 0 Å². The first kappa shape index (κ1) is 13.1. The average Bonchev–Trinajstić information content (AvgIpc) is 2.46. The second kappa shape index (κ2) is 5.21. The van der Waals surface area contributed by atoms with Crippen molar-refractivity contribution in [1.82, 2.24) is 4.98 Å². The number of nitrogens with two attached hydrogens (primary N) is 1. The van der Waals surface area contributed by atoms with Gasteiger partial charge in [-0.25, -0.2) is 4.98 Å². The molecule has 0 radical (unpaired) electrons. The van der Waals surface area contributed by atoms with Gasteiger partial charge in [0.05, 0.1) is 5.56 Å². The summed E-state index contributed by atoms with van der Waals surface area (Å²) in [5, 5.41) is 0. The summed E-state index contributed by atoms with van der Waals surface area (Å²) < 4.78 is 0. The highest BCUT2D eigenvalue weighted by Crippen LogP contribution is 2.34. The molecule has 0 unspecified atom stereocenters. The van der Waals surface area contributed by atoms with Crippen LogP contribution in [0, 0.1) is 6.92 Å². The van der Waals surface area contributed by atoms with E-state index in [4.69, 9.17) is 18.0 Å². The molecule has 0 amide bonds. The standard InChI is InChI=1S/C16H17N3S/c1-11-8-9-13(15(17)20)16(18-11)19-10-4-6-12-5-2-3-7-14(12)19/h2-3,5,7-9H,4,6,10H2,1H3,(H2,17,20). The van der Waals surface area contributed by atoms with E-state index in [1.165, 1.54) is 11.3 Å². The highest BCUT2D eigenvalue weighted by atomic mass is 32.1. The summed E-state index contributed by atoms with van der Waals surface area (Å²) in [6, 6.07) is 12.4. The van der Waals surface area contributed by atoms with Gasteiger partial charge in [0.1, 0.15) is 10.8 Å². The van der Waals surface area contributed by atoms with Gasteiger partial charge in [-0.15, -0.1) is 0 Å². The molecule has 0 bridgehead atoms. The van der Waals surface area contributed by atoms with E-state index in [9.17, 15) is 0 Å². The first-order valence-corrected chi connectivity index (χ1v) is 7.20. The molecule has 2 N–H and O–H groups in total. The molecule has 1 aliphatic rings. The van der Waals surface area contributed by atoms with E-state index in [2.05, 4.69) is 34.1 Å². The minimum absolute atomic E-state index is 0.399. The molecule has 3 nitrogen and oxygen atoms in total. The number of thiocarbonyl (C=S) groups is 1. The van der Waals surface area contributed by atoms with Crippen LogP contribution in [0.25, 0.3) is 0 Å². The largest absolute Gasteiger partial charge is 0.389 e. The SMILES string of the molecule is Cc1ccc(C(N)=S)c(N2CCCc3ccccc32)n1. The molecule has 0 saturated heterocycles. The van der Waals surface area contributed by atoms with Crippen LogP contribution >= 0.6 is 12.2 Å².